The smallest absolute Gasteiger partial charge is 0.143 e. The van der Waals surface area contributed by atoms with Gasteiger partial charge < -0.3 is 15.0 Å². The van der Waals surface area contributed by atoms with E-state index in [2.05, 4.69) is 57.1 Å². The second-order valence-electron chi connectivity index (χ2n) is 6.84. The van der Waals surface area contributed by atoms with Gasteiger partial charge in [0.25, 0.3) is 0 Å². The Morgan fingerprint density at radius 1 is 0.963 bits per heavy atom. The molecule has 2 aromatic carbocycles. The first-order chi connectivity index (χ1) is 13.1. The molecule has 4 aromatic rings. The summed E-state index contributed by atoms with van der Waals surface area (Å²) in [6, 6.07) is 18.5. The zero-order valence-corrected chi connectivity index (χ0v) is 15.5. The van der Waals surface area contributed by atoms with Gasteiger partial charge in [-0.15, -0.1) is 0 Å². The van der Waals surface area contributed by atoms with Crippen molar-refractivity contribution in [3.8, 4) is 11.3 Å². The molecule has 0 unspecified atom stereocenters. The number of benzene rings is 2. The number of aliphatic hydroxyl groups excluding tert-OH is 1. The number of nitrogens with zero attached hydrogens (tertiary/aromatic N) is 3. The second-order valence-corrected chi connectivity index (χ2v) is 6.84. The SMILES string of the molecule is Cc1ccc(CN(C)c2ncnc3[nH]c(-c4ccc(CO)cc4)cc23)cc1. The van der Waals surface area contributed by atoms with Gasteiger partial charge in [0.15, 0.2) is 0 Å². The number of anilines is 1. The summed E-state index contributed by atoms with van der Waals surface area (Å²) in [5, 5.41) is 10.2. The molecule has 0 saturated carbocycles. The Bertz CT molecular complexity index is 1050. The maximum Gasteiger partial charge on any atom is 0.143 e. The first kappa shape index (κ1) is 17.2. The number of fused-ring (bicyclic) bond motifs is 1. The van der Waals surface area contributed by atoms with Crippen LogP contribution < -0.4 is 4.90 Å². The largest absolute Gasteiger partial charge is 0.392 e. The minimum atomic E-state index is 0.0480. The Balaban J connectivity index is 1.66. The predicted octanol–water partition coefficient (Wildman–Crippen LogP) is 4.06. The van der Waals surface area contributed by atoms with Crippen LogP contribution in [0.3, 0.4) is 0 Å². The highest BCUT2D eigenvalue weighted by molar-refractivity contribution is 5.91. The third kappa shape index (κ3) is 3.55. The van der Waals surface area contributed by atoms with Crippen molar-refractivity contribution >= 4 is 16.9 Å². The van der Waals surface area contributed by atoms with Gasteiger partial charge >= 0.3 is 0 Å². The fourth-order valence-corrected chi connectivity index (χ4v) is 3.22. The van der Waals surface area contributed by atoms with Crippen LogP contribution in [0, 0.1) is 6.92 Å². The lowest BCUT2D eigenvalue weighted by Gasteiger charge is -2.18. The summed E-state index contributed by atoms with van der Waals surface area (Å²) < 4.78 is 0. The third-order valence-corrected chi connectivity index (χ3v) is 4.75. The highest BCUT2D eigenvalue weighted by Crippen LogP contribution is 2.29. The molecular weight excluding hydrogens is 336 g/mol. The first-order valence-electron chi connectivity index (χ1n) is 8.94. The summed E-state index contributed by atoms with van der Waals surface area (Å²) in [6.45, 7) is 2.92. The standard InChI is InChI=1S/C22H22N4O/c1-15-3-5-16(6-4-15)12-26(2)22-19-11-20(25-21(19)23-14-24-22)18-9-7-17(13-27)8-10-18/h3-11,14,27H,12-13H2,1-2H3,(H,23,24,25). The van der Waals surface area contributed by atoms with Gasteiger partial charge in [0, 0.05) is 19.3 Å². The number of hydrogen-bond donors (Lipinski definition) is 2. The topological polar surface area (TPSA) is 65.0 Å². The Morgan fingerprint density at radius 2 is 1.67 bits per heavy atom. The number of aryl methyl sites for hydroxylation is 1. The molecule has 0 bridgehead atoms. The number of aliphatic hydroxyl groups is 1. The van der Waals surface area contributed by atoms with Crippen molar-refractivity contribution in [3.63, 3.8) is 0 Å². The zero-order chi connectivity index (χ0) is 18.8. The van der Waals surface area contributed by atoms with Gasteiger partial charge in [-0.1, -0.05) is 54.1 Å². The predicted molar refractivity (Wildman–Crippen MR) is 109 cm³/mol. The van der Waals surface area contributed by atoms with Gasteiger partial charge in [0.1, 0.15) is 17.8 Å². The van der Waals surface area contributed by atoms with Crippen LogP contribution in [0.4, 0.5) is 5.82 Å². The van der Waals surface area contributed by atoms with E-state index >= 15 is 0 Å². The van der Waals surface area contributed by atoms with Crippen molar-refractivity contribution in [1.29, 1.82) is 0 Å². The van der Waals surface area contributed by atoms with Crippen LogP contribution in [0.25, 0.3) is 22.3 Å². The molecule has 136 valence electrons. The average molecular weight is 358 g/mol. The summed E-state index contributed by atoms with van der Waals surface area (Å²) >= 11 is 0. The summed E-state index contributed by atoms with van der Waals surface area (Å²) in [7, 11) is 2.05. The molecular formula is C22H22N4O. The molecule has 5 nitrogen and oxygen atoms in total. The third-order valence-electron chi connectivity index (χ3n) is 4.75. The molecule has 2 heterocycles. The summed E-state index contributed by atoms with van der Waals surface area (Å²) in [5.74, 6) is 0.898. The van der Waals surface area contributed by atoms with E-state index in [0.717, 1.165) is 40.2 Å². The summed E-state index contributed by atoms with van der Waals surface area (Å²) in [4.78, 5) is 14.4. The van der Waals surface area contributed by atoms with Crippen molar-refractivity contribution in [2.45, 2.75) is 20.1 Å². The van der Waals surface area contributed by atoms with Crippen LogP contribution in [0.2, 0.25) is 0 Å². The highest BCUT2D eigenvalue weighted by Gasteiger charge is 2.13. The number of hydrogen-bond acceptors (Lipinski definition) is 4. The van der Waals surface area contributed by atoms with Crippen LogP contribution in [0.1, 0.15) is 16.7 Å². The fourth-order valence-electron chi connectivity index (χ4n) is 3.22. The molecule has 4 rings (SSSR count). The van der Waals surface area contributed by atoms with Crippen molar-refractivity contribution in [2.75, 3.05) is 11.9 Å². The van der Waals surface area contributed by atoms with Crippen LogP contribution >= 0.6 is 0 Å². The summed E-state index contributed by atoms with van der Waals surface area (Å²) in [5.41, 5.74) is 6.25. The number of nitrogens with one attached hydrogen (secondary N) is 1. The monoisotopic (exact) mass is 358 g/mol. The van der Waals surface area contributed by atoms with Crippen LogP contribution in [0.15, 0.2) is 60.9 Å². The Morgan fingerprint density at radius 3 is 2.37 bits per heavy atom. The molecule has 0 spiro atoms. The molecule has 5 heteroatoms. The van der Waals surface area contributed by atoms with Gasteiger partial charge in [0.2, 0.25) is 0 Å². The molecule has 0 amide bonds. The molecule has 0 aliphatic rings. The Hall–Kier alpha value is -3.18. The van der Waals surface area contributed by atoms with E-state index < -0.39 is 0 Å². The quantitative estimate of drug-likeness (QED) is 0.565. The lowest BCUT2D eigenvalue weighted by atomic mass is 10.1. The second kappa shape index (κ2) is 7.21. The molecule has 0 saturated heterocycles. The van der Waals surface area contributed by atoms with E-state index in [4.69, 9.17) is 0 Å². The van der Waals surface area contributed by atoms with Crippen LogP contribution in [-0.4, -0.2) is 27.1 Å². The lowest BCUT2D eigenvalue weighted by Crippen LogP contribution is -2.18. The van der Waals surface area contributed by atoms with Crippen molar-refractivity contribution in [2.24, 2.45) is 0 Å². The van der Waals surface area contributed by atoms with E-state index in [9.17, 15) is 5.11 Å². The van der Waals surface area contributed by atoms with Crippen LogP contribution in [-0.2, 0) is 13.2 Å². The molecule has 0 fully saturated rings. The minimum Gasteiger partial charge on any atom is -0.392 e. The molecule has 2 N–H and O–H groups in total. The Labute approximate surface area is 158 Å². The molecule has 0 radical (unpaired) electrons. The lowest BCUT2D eigenvalue weighted by molar-refractivity contribution is 0.282. The normalized spacial score (nSPS) is 11.1. The van der Waals surface area contributed by atoms with E-state index in [1.807, 2.05) is 31.3 Å². The maximum atomic E-state index is 9.22. The molecule has 0 aliphatic heterocycles. The number of H-pyrrole nitrogens is 1. The van der Waals surface area contributed by atoms with Crippen molar-refractivity contribution in [3.05, 3.63) is 77.6 Å². The average Bonchev–Trinajstić information content (AvgIpc) is 3.14. The van der Waals surface area contributed by atoms with Gasteiger partial charge in [-0.05, 0) is 29.7 Å². The van der Waals surface area contributed by atoms with Gasteiger partial charge in [-0.2, -0.15) is 0 Å². The van der Waals surface area contributed by atoms with Gasteiger partial charge in [-0.25, -0.2) is 9.97 Å². The molecule has 2 aromatic heterocycles. The highest BCUT2D eigenvalue weighted by atomic mass is 16.3. The number of aromatic amines is 1. The number of rotatable bonds is 5. The zero-order valence-electron chi connectivity index (χ0n) is 15.5. The van der Waals surface area contributed by atoms with Crippen LogP contribution in [0.5, 0.6) is 0 Å². The van der Waals surface area contributed by atoms with Gasteiger partial charge in [0.05, 0.1) is 12.0 Å². The van der Waals surface area contributed by atoms with Crippen molar-refractivity contribution < 1.29 is 5.11 Å². The first-order valence-corrected chi connectivity index (χ1v) is 8.94. The van der Waals surface area contributed by atoms with Crippen molar-refractivity contribution in [1.82, 2.24) is 15.0 Å². The molecule has 0 atom stereocenters. The fraction of sp³-hybridized carbons (Fsp3) is 0.182. The van der Waals surface area contributed by atoms with E-state index in [-0.39, 0.29) is 6.61 Å². The van der Waals surface area contributed by atoms with E-state index in [0.29, 0.717) is 0 Å². The van der Waals surface area contributed by atoms with Gasteiger partial charge in [-0.3, -0.25) is 0 Å². The molecule has 27 heavy (non-hydrogen) atoms. The van der Waals surface area contributed by atoms with E-state index in [1.165, 1.54) is 11.1 Å². The minimum absolute atomic E-state index is 0.0480. The number of aromatic nitrogens is 3. The van der Waals surface area contributed by atoms with E-state index in [1.54, 1.807) is 6.33 Å². The maximum absolute atomic E-state index is 9.22. The Kier molecular flexibility index (Phi) is 4.60. The molecule has 0 aliphatic carbocycles. The summed E-state index contributed by atoms with van der Waals surface area (Å²) in [6.07, 6.45) is 1.60.